The van der Waals surface area contributed by atoms with Crippen LogP contribution in [0.4, 0.5) is 0 Å². The normalized spacial score (nSPS) is 14.7. The molecule has 256 valence electrons. The van der Waals surface area contributed by atoms with E-state index < -0.39 is 64.1 Å². The summed E-state index contributed by atoms with van der Waals surface area (Å²) in [6.07, 6.45) is 1.70. The molecule has 0 bridgehead atoms. The minimum absolute atomic E-state index is 0.0883. The van der Waals surface area contributed by atoms with Gasteiger partial charge in [-0.1, -0.05) is 38.1 Å². The Hall–Kier alpha value is -4.34. The molecule has 0 radical (unpaired) electrons. The van der Waals surface area contributed by atoms with Gasteiger partial charge >= 0.3 is 0 Å². The van der Waals surface area contributed by atoms with E-state index in [2.05, 4.69) is 10.6 Å². The molecule has 0 saturated heterocycles. The van der Waals surface area contributed by atoms with E-state index in [1.807, 2.05) is 13.8 Å². The summed E-state index contributed by atoms with van der Waals surface area (Å²) in [4.78, 5) is 66.7. The van der Waals surface area contributed by atoms with Crippen LogP contribution in [0.3, 0.4) is 0 Å². The molecule has 5 amide bonds. The summed E-state index contributed by atoms with van der Waals surface area (Å²) < 4.78 is 36.1. The fourth-order valence-electron chi connectivity index (χ4n) is 5.41. The number of ether oxygens (including phenoxy) is 1. The molecule has 0 saturated carbocycles. The molecule has 5 N–H and O–H groups in total. The van der Waals surface area contributed by atoms with Crippen molar-refractivity contribution in [1.29, 1.82) is 0 Å². The van der Waals surface area contributed by atoms with Crippen molar-refractivity contribution >= 4 is 39.7 Å². The number of nitrogens with one attached hydrogen (secondary N) is 3. The van der Waals surface area contributed by atoms with Crippen molar-refractivity contribution in [3.8, 4) is 5.75 Å². The Kier molecular flexibility index (Phi) is 13.4. The summed E-state index contributed by atoms with van der Waals surface area (Å²) in [5.74, 6) is -5.63. The lowest BCUT2D eigenvalue weighted by atomic mass is 9.83. The van der Waals surface area contributed by atoms with Gasteiger partial charge in [-0.15, -0.1) is 0 Å². The highest BCUT2D eigenvalue weighted by Crippen LogP contribution is 2.28. The quantitative estimate of drug-likeness (QED) is 0.0511. The smallest absolute Gasteiger partial charge is 0.264 e. The van der Waals surface area contributed by atoms with Gasteiger partial charge in [-0.25, -0.2) is 5.48 Å². The lowest BCUT2D eigenvalue weighted by Crippen LogP contribution is -2.53. The van der Waals surface area contributed by atoms with Crippen LogP contribution in [0.15, 0.2) is 48.5 Å². The van der Waals surface area contributed by atoms with Gasteiger partial charge in [0.05, 0.1) is 35.3 Å². The van der Waals surface area contributed by atoms with Crippen molar-refractivity contribution < 1.29 is 46.9 Å². The van der Waals surface area contributed by atoms with Crippen LogP contribution in [0.5, 0.6) is 5.75 Å². The van der Waals surface area contributed by atoms with Crippen LogP contribution in [-0.4, -0.2) is 84.6 Å². The second kappa shape index (κ2) is 17.0. The third-order valence-electron chi connectivity index (χ3n) is 7.81. The number of hydroxylamine groups is 1. The molecule has 47 heavy (non-hydrogen) atoms. The molecule has 1 aliphatic heterocycles. The molecule has 3 atom stereocenters. The molecular weight excluding hydrogens is 632 g/mol. The van der Waals surface area contributed by atoms with Gasteiger partial charge in [-0.05, 0) is 61.4 Å². The molecule has 15 heteroatoms. The van der Waals surface area contributed by atoms with E-state index in [9.17, 15) is 37.6 Å². The van der Waals surface area contributed by atoms with Crippen LogP contribution in [0.1, 0.15) is 65.8 Å². The van der Waals surface area contributed by atoms with Crippen LogP contribution < -0.4 is 20.9 Å². The van der Waals surface area contributed by atoms with E-state index >= 15 is 0 Å². The number of hydrogen-bond donors (Lipinski definition) is 5. The van der Waals surface area contributed by atoms with Crippen molar-refractivity contribution in [3.63, 3.8) is 0 Å². The Bertz CT molecular complexity index is 1510. The summed E-state index contributed by atoms with van der Waals surface area (Å²) in [5, 5.41) is 14.8. The summed E-state index contributed by atoms with van der Waals surface area (Å²) in [7, 11) is -2.56. The Morgan fingerprint density at radius 2 is 1.49 bits per heavy atom. The highest BCUT2D eigenvalue weighted by atomic mass is 32.2. The number of imide groups is 1. The average Bonchev–Trinajstić information content (AvgIpc) is 3.27. The van der Waals surface area contributed by atoms with Gasteiger partial charge in [0.2, 0.25) is 17.7 Å². The highest BCUT2D eigenvalue weighted by Gasteiger charge is 2.42. The molecule has 2 aromatic rings. The lowest BCUT2D eigenvalue weighted by Gasteiger charge is -2.30. The van der Waals surface area contributed by atoms with Crippen LogP contribution in [-0.2, 0) is 30.9 Å². The van der Waals surface area contributed by atoms with E-state index in [0.29, 0.717) is 37.2 Å². The van der Waals surface area contributed by atoms with Crippen molar-refractivity contribution in [1.82, 2.24) is 21.0 Å². The van der Waals surface area contributed by atoms with Crippen molar-refractivity contribution in [2.45, 2.75) is 52.0 Å². The fraction of sp³-hybridized carbons (Fsp3) is 0.469. The van der Waals surface area contributed by atoms with E-state index in [-0.39, 0.29) is 35.6 Å². The van der Waals surface area contributed by atoms with Gasteiger partial charge in [0.15, 0.2) is 0 Å². The first-order valence-electron chi connectivity index (χ1n) is 15.3. The van der Waals surface area contributed by atoms with Gasteiger partial charge < -0.3 is 15.4 Å². The maximum atomic E-state index is 13.8. The van der Waals surface area contributed by atoms with Crippen molar-refractivity contribution in [3.05, 3.63) is 65.2 Å². The molecule has 1 aliphatic rings. The van der Waals surface area contributed by atoms with Gasteiger partial charge in [0.25, 0.3) is 21.9 Å². The largest absolute Gasteiger partial charge is 0.494 e. The first-order valence-corrected chi connectivity index (χ1v) is 16.9. The van der Waals surface area contributed by atoms with Crippen LogP contribution in [0, 0.1) is 17.8 Å². The summed E-state index contributed by atoms with van der Waals surface area (Å²) in [6, 6.07) is 12.0. The molecule has 14 nitrogen and oxygen atoms in total. The molecule has 3 unspecified atom stereocenters. The van der Waals surface area contributed by atoms with E-state index in [1.54, 1.807) is 41.9 Å². The molecule has 0 aromatic heterocycles. The number of rotatable bonds is 18. The topological polar surface area (TPSA) is 209 Å². The second-order valence-electron chi connectivity index (χ2n) is 11.8. The standard InChI is InChI=1S/C32H42N4O10S/c1-20(2)17-25(26(29(38)35-42)19-36-31(40)23-9-5-6-10-24(23)32(36)41)28(37)34-27(30(39)33-3)18-21-11-13-22(14-12-21)46-15-7-4-8-16-47(43,44)45/h5-6,9-14,20,25-27,42H,4,7-8,15-19H2,1-3H3,(H,33,39)(H,34,37)(H,35,38)(H,43,44,45). The maximum Gasteiger partial charge on any atom is 0.264 e. The molecular formula is C32H42N4O10S. The monoisotopic (exact) mass is 674 g/mol. The number of fused-ring (bicyclic) bond motifs is 1. The van der Waals surface area contributed by atoms with E-state index in [4.69, 9.17) is 9.29 Å². The van der Waals surface area contributed by atoms with E-state index in [0.717, 1.165) is 4.90 Å². The maximum absolute atomic E-state index is 13.8. The molecule has 0 aliphatic carbocycles. The number of benzene rings is 2. The lowest BCUT2D eigenvalue weighted by molar-refractivity contribution is -0.142. The number of likely N-dealkylation sites (N-methyl/N-ethyl adjacent to an activating group) is 1. The number of amides is 5. The number of carbonyl (C=O) groups excluding carboxylic acids is 5. The highest BCUT2D eigenvalue weighted by molar-refractivity contribution is 7.85. The third-order valence-corrected chi connectivity index (χ3v) is 8.61. The van der Waals surface area contributed by atoms with Crippen LogP contribution in [0.25, 0.3) is 0 Å². The van der Waals surface area contributed by atoms with Crippen molar-refractivity contribution in [2.24, 2.45) is 17.8 Å². The van der Waals surface area contributed by atoms with Crippen molar-refractivity contribution in [2.75, 3.05) is 26.0 Å². The summed E-state index contributed by atoms with van der Waals surface area (Å²) >= 11 is 0. The summed E-state index contributed by atoms with van der Waals surface area (Å²) in [5.41, 5.74) is 2.61. The minimum atomic E-state index is -3.98. The van der Waals surface area contributed by atoms with E-state index in [1.165, 1.54) is 19.2 Å². The molecule has 0 fully saturated rings. The second-order valence-corrected chi connectivity index (χ2v) is 13.4. The Morgan fingerprint density at radius 1 is 0.872 bits per heavy atom. The third kappa shape index (κ3) is 10.6. The first kappa shape index (κ1) is 37.1. The number of hydrogen-bond acceptors (Lipinski definition) is 9. The van der Waals surface area contributed by atoms with Gasteiger partial charge in [-0.3, -0.25) is 38.6 Å². The number of carbonyl (C=O) groups is 5. The molecule has 0 spiro atoms. The van der Waals surface area contributed by atoms with Gasteiger partial charge in [0, 0.05) is 20.0 Å². The Labute approximate surface area is 273 Å². The molecule has 1 heterocycles. The molecule has 3 rings (SSSR count). The zero-order chi connectivity index (χ0) is 34.7. The minimum Gasteiger partial charge on any atom is -0.494 e. The average molecular weight is 675 g/mol. The van der Waals surface area contributed by atoms with Gasteiger partial charge in [-0.2, -0.15) is 8.42 Å². The SMILES string of the molecule is CNC(=O)C(Cc1ccc(OCCCCCS(=O)(=O)O)cc1)NC(=O)C(CC(C)C)C(CN1C(=O)c2ccccc2C1=O)C(=O)NO. The predicted molar refractivity (Wildman–Crippen MR) is 170 cm³/mol. The van der Waals surface area contributed by atoms with Gasteiger partial charge in [0.1, 0.15) is 11.8 Å². The first-order chi connectivity index (χ1) is 22.2. The zero-order valence-corrected chi connectivity index (χ0v) is 27.4. The Balaban J connectivity index is 1.72. The summed E-state index contributed by atoms with van der Waals surface area (Å²) in [6.45, 7) is 3.53. The fourth-order valence-corrected chi connectivity index (χ4v) is 5.98. The predicted octanol–water partition coefficient (Wildman–Crippen LogP) is 1.98. The zero-order valence-electron chi connectivity index (χ0n) is 26.6. The molecule has 2 aromatic carbocycles. The van der Waals surface area contributed by atoms with Crippen LogP contribution in [0.2, 0.25) is 0 Å². The van der Waals surface area contributed by atoms with Crippen LogP contribution >= 0.6 is 0 Å². The number of unbranched alkanes of at least 4 members (excludes halogenated alkanes) is 2. The number of nitrogens with zero attached hydrogens (tertiary/aromatic N) is 1. The Morgan fingerprint density at radius 3 is 2.02 bits per heavy atom.